The Labute approximate surface area is 97.3 Å². The van der Waals surface area contributed by atoms with E-state index < -0.39 is 0 Å². The molecule has 0 spiro atoms. The largest absolute Gasteiger partial charge is 0.496 e. The van der Waals surface area contributed by atoms with Crippen LogP contribution in [0.15, 0.2) is 30.3 Å². The van der Waals surface area contributed by atoms with Gasteiger partial charge in [-0.05, 0) is 24.3 Å². The highest BCUT2D eigenvalue weighted by Crippen LogP contribution is 2.37. The van der Waals surface area contributed by atoms with Crippen LogP contribution < -0.4 is 10.5 Å². The Hall–Kier alpha value is -1.19. The van der Waals surface area contributed by atoms with Crippen molar-refractivity contribution in [1.29, 1.82) is 0 Å². The number of anilines is 1. The summed E-state index contributed by atoms with van der Waals surface area (Å²) in [6, 6.07) is 9.45. The molecule has 1 aromatic carbocycles. The highest BCUT2D eigenvalue weighted by Gasteiger charge is 2.08. The molecule has 1 aromatic heterocycles. The maximum atomic E-state index is 5.89. The summed E-state index contributed by atoms with van der Waals surface area (Å²) in [5, 5.41) is 0. The molecule has 2 nitrogen and oxygen atoms in total. The van der Waals surface area contributed by atoms with Gasteiger partial charge in [0.05, 0.1) is 11.4 Å². The minimum atomic E-state index is 0.693. The van der Waals surface area contributed by atoms with Crippen LogP contribution in [0.1, 0.15) is 0 Å². The fourth-order valence-electron chi connectivity index (χ4n) is 1.37. The van der Waals surface area contributed by atoms with E-state index in [4.69, 9.17) is 22.1 Å². The van der Waals surface area contributed by atoms with Crippen LogP contribution in [0.2, 0.25) is 4.34 Å². The van der Waals surface area contributed by atoms with Gasteiger partial charge < -0.3 is 10.5 Å². The van der Waals surface area contributed by atoms with E-state index in [-0.39, 0.29) is 0 Å². The third-order valence-corrected chi connectivity index (χ3v) is 3.33. The molecule has 0 saturated carbocycles. The van der Waals surface area contributed by atoms with Gasteiger partial charge in [-0.1, -0.05) is 11.6 Å². The molecule has 78 valence electrons. The van der Waals surface area contributed by atoms with Crippen LogP contribution in [-0.2, 0) is 0 Å². The Balaban J connectivity index is 2.52. The van der Waals surface area contributed by atoms with Crippen LogP contribution in [0.4, 0.5) is 5.69 Å². The van der Waals surface area contributed by atoms with Gasteiger partial charge >= 0.3 is 0 Å². The van der Waals surface area contributed by atoms with E-state index >= 15 is 0 Å². The maximum Gasteiger partial charge on any atom is 0.129 e. The van der Waals surface area contributed by atoms with Crippen molar-refractivity contribution in [2.24, 2.45) is 0 Å². The Bertz CT molecular complexity index is 481. The molecule has 0 radical (unpaired) electrons. The van der Waals surface area contributed by atoms with E-state index in [1.165, 1.54) is 11.3 Å². The number of nitrogen functional groups attached to an aromatic ring is 1. The Kier molecular flexibility index (Phi) is 2.84. The molecule has 2 rings (SSSR count). The molecule has 15 heavy (non-hydrogen) atoms. The second-order valence-corrected chi connectivity index (χ2v) is 4.78. The van der Waals surface area contributed by atoms with Crippen molar-refractivity contribution in [1.82, 2.24) is 0 Å². The standard InChI is InChI=1S/C11H10ClNOS/c1-14-9-6-7(13)2-3-8(9)10-4-5-11(12)15-10/h2-6H,13H2,1H3. The van der Waals surface area contributed by atoms with Crippen molar-refractivity contribution in [2.45, 2.75) is 0 Å². The number of benzene rings is 1. The normalized spacial score (nSPS) is 10.3. The van der Waals surface area contributed by atoms with E-state index in [0.29, 0.717) is 5.69 Å². The van der Waals surface area contributed by atoms with Crippen molar-refractivity contribution < 1.29 is 4.74 Å². The zero-order valence-electron chi connectivity index (χ0n) is 8.16. The van der Waals surface area contributed by atoms with E-state index in [9.17, 15) is 0 Å². The topological polar surface area (TPSA) is 35.2 Å². The quantitative estimate of drug-likeness (QED) is 0.812. The lowest BCUT2D eigenvalue weighted by molar-refractivity contribution is 0.417. The summed E-state index contributed by atoms with van der Waals surface area (Å²) in [5.41, 5.74) is 7.39. The number of hydrogen-bond donors (Lipinski definition) is 1. The smallest absolute Gasteiger partial charge is 0.129 e. The first-order valence-corrected chi connectivity index (χ1v) is 5.59. The third kappa shape index (κ3) is 2.08. The monoisotopic (exact) mass is 239 g/mol. The Morgan fingerprint density at radius 2 is 2.07 bits per heavy atom. The first kappa shape index (κ1) is 10.3. The fraction of sp³-hybridized carbons (Fsp3) is 0.0909. The third-order valence-electron chi connectivity index (χ3n) is 2.06. The van der Waals surface area contributed by atoms with Crippen LogP contribution in [0.5, 0.6) is 5.75 Å². The predicted octanol–water partition coefficient (Wildman–Crippen LogP) is 3.66. The second-order valence-electron chi connectivity index (χ2n) is 3.06. The lowest BCUT2D eigenvalue weighted by Crippen LogP contribution is -1.90. The number of methoxy groups -OCH3 is 1. The summed E-state index contributed by atoms with van der Waals surface area (Å²) in [6.45, 7) is 0. The van der Waals surface area contributed by atoms with Crippen molar-refractivity contribution in [3.05, 3.63) is 34.7 Å². The van der Waals surface area contributed by atoms with Gasteiger partial charge in [-0.25, -0.2) is 0 Å². The molecule has 0 amide bonds. The minimum Gasteiger partial charge on any atom is -0.496 e. The van der Waals surface area contributed by atoms with Crippen molar-refractivity contribution in [3.8, 4) is 16.2 Å². The predicted molar refractivity (Wildman–Crippen MR) is 65.7 cm³/mol. The van der Waals surface area contributed by atoms with Gasteiger partial charge in [-0.3, -0.25) is 0 Å². The van der Waals surface area contributed by atoms with Crippen LogP contribution in [-0.4, -0.2) is 7.11 Å². The molecule has 0 aliphatic carbocycles. The first-order chi connectivity index (χ1) is 7.20. The molecule has 0 bridgehead atoms. The summed E-state index contributed by atoms with van der Waals surface area (Å²) >= 11 is 7.41. The lowest BCUT2D eigenvalue weighted by atomic mass is 10.1. The Morgan fingerprint density at radius 1 is 1.27 bits per heavy atom. The number of hydrogen-bond acceptors (Lipinski definition) is 3. The number of halogens is 1. The summed E-state index contributed by atoms with van der Waals surface area (Å²) < 4.78 is 6.04. The van der Waals surface area contributed by atoms with E-state index in [1.807, 2.05) is 30.3 Å². The summed E-state index contributed by atoms with van der Waals surface area (Å²) in [5.74, 6) is 0.772. The molecule has 4 heteroatoms. The van der Waals surface area contributed by atoms with E-state index in [0.717, 1.165) is 20.5 Å². The highest BCUT2D eigenvalue weighted by atomic mass is 35.5. The number of thiophene rings is 1. The van der Waals surface area contributed by atoms with Crippen molar-refractivity contribution >= 4 is 28.6 Å². The van der Waals surface area contributed by atoms with Crippen LogP contribution in [0.25, 0.3) is 10.4 Å². The van der Waals surface area contributed by atoms with Gasteiger partial charge in [-0.2, -0.15) is 0 Å². The second kappa shape index (κ2) is 4.13. The summed E-state index contributed by atoms with van der Waals surface area (Å²) in [4.78, 5) is 1.08. The molecular weight excluding hydrogens is 230 g/mol. The molecule has 0 fully saturated rings. The molecule has 0 saturated heterocycles. The van der Waals surface area contributed by atoms with Gasteiger partial charge in [0.25, 0.3) is 0 Å². The zero-order valence-corrected chi connectivity index (χ0v) is 9.73. The molecule has 1 heterocycles. The maximum absolute atomic E-state index is 5.89. The van der Waals surface area contributed by atoms with Gasteiger partial charge in [0.1, 0.15) is 5.75 Å². The lowest BCUT2D eigenvalue weighted by Gasteiger charge is -2.07. The Morgan fingerprint density at radius 3 is 2.67 bits per heavy atom. The SMILES string of the molecule is COc1cc(N)ccc1-c1ccc(Cl)s1. The summed E-state index contributed by atoms with van der Waals surface area (Å²) in [6.07, 6.45) is 0. The van der Waals surface area contributed by atoms with Crippen molar-refractivity contribution in [3.63, 3.8) is 0 Å². The van der Waals surface area contributed by atoms with Gasteiger partial charge in [0.15, 0.2) is 0 Å². The van der Waals surface area contributed by atoms with Crippen LogP contribution in [0, 0.1) is 0 Å². The van der Waals surface area contributed by atoms with Gasteiger partial charge in [0.2, 0.25) is 0 Å². The molecule has 0 unspecified atom stereocenters. The molecule has 2 N–H and O–H groups in total. The molecule has 0 aliphatic rings. The van der Waals surface area contributed by atoms with Crippen LogP contribution >= 0.6 is 22.9 Å². The summed E-state index contributed by atoms with van der Waals surface area (Å²) in [7, 11) is 1.63. The minimum absolute atomic E-state index is 0.693. The average Bonchev–Trinajstić information content (AvgIpc) is 2.64. The molecule has 2 aromatic rings. The molecule has 0 aliphatic heterocycles. The van der Waals surface area contributed by atoms with Crippen LogP contribution in [0.3, 0.4) is 0 Å². The van der Waals surface area contributed by atoms with Gasteiger partial charge in [-0.15, -0.1) is 11.3 Å². The van der Waals surface area contributed by atoms with Gasteiger partial charge in [0, 0.05) is 22.2 Å². The fourth-order valence-corrected chi connectivity index (χ4v) is 2.44. The van der Waals surface area contributed by atoms with Crippen molar-refractivity contribution in [2.75, 3.05) is 12.8 Å². The first-order valence-electron chi connectivity index (χ1n) is 4.40. The number of ether oxygens (including phenoxy) is 1. The average molecular weight is 240 g/mol. The highest BCUT2D eigenvalue weighted by molar-refractivity contribution is 7.19. The molecular formula is C11H10ClNOS. The van der Waals surface area contributed by atoms with E-state index in [1.54, 1.807) is 7.11 Å². The molecule has 0 atom stereocenters. The van der Waals surface area contributed by atoms with E-state index in [2.05, 4.69) is 0 Å². The number of nitrogens with two attached hydrogens (primary N) is 1. The zero-order chi connectivity index (χ0) is 10.8. The number of rotatable bonds is 2.